The molecular formula is C10H7Br2F3O2. The minimum Gasteiger partial charge on any atom is -0.405 e. The van der Waals surface area contributed by atoms with E-state index in [1.54, 1.807) is 6.07 Å². The average Bonchev–Trinajstić information content (AvgIpc) is 2.22. The second-order valence-electron chi connectivity index (χ2n) is 3.13. The normalized spacial score (nSPS) is 11.4. The standard InChI is InChI=1S/C10H7Br2F3O2/c11-5-7(16)4-6-2-1-3-8(9(6)12)17-10(13,14)15/h1-3H,4-5H2. The van der Waals surface area contributed by atoms with Gasteiger partial charge in [0.2, 0.25) is 0 Å². The lowest BCUT2D eigenvalue weighted by atomic mass is 10.1. The zero-order valence-corrected chi connectivity index (χ0v) is 11.5. The quantitative estimate of drug-likeness (QED) is 0.747. The third kappa shape index (κ3) is 4.67. The third-order valence-corrected chi connectivity index (χ3v) is 3.33. The highest BCUT2D eigenvalue weighted by molar-refractivity contribution is 9.10. The maximum absolute atomic E-state index is 12.1. The summed E-state index contributed by atoms with van der Waals surface area (Å²) in [7, 11) is 0. The number of hydrogen-bond acceptors (Lipinski definition) is 2. The van der Waals surface area contributed by atoms with Gasteiger partial charge >= 0.3 is 6.36 Å². The van der Waals surface area contributed by atoms with Crippen molar-refractivity contribution in [2.75, 3.05) is 5.33 Å². The van der Waals surface area contributed by atoms with Crippen LogP contribution in [0.2, 0.25) is 0 Å². The van der Waals surface area contributed by atoms with E-state index in [1.807, 2.05) is 0 Å². The van der Waals surface area contributed by atoms with Crippen LogP contribution in [0.4, 0.5) is 13.2 Å². The molecular weight excluding hydrogens is 369 g/mol. The fourth-order valence-electron chi connectivity index (χ4n) is 1.16. The Morgan fingerprint density at radius 2 is 2.00 bits per heavy atom. The molecule has 0 atom stereocenters. The molecule has 0 aliphatic rings. The van der Waals surface area contributed by atoms with E-state index in [9.17, 15) is 18.0 Å². The number of Topliss-reactive ketones (excluding diaryl/α,β-unsaturated/α-hetero) is 1. The number of ether oxygens (including phenoxy) is 1. The Kier molecular flexibility index (Phi) is 5.00. The molecule has 2 nitrogen and oxygen atoms in total. The first-order chi connectivity index (χ1) is 7.83. The lowest BCUT2D eigenvalue weighted by Crippen LogP contribution is -2.17. The van der Waals surface area contributed by atoms with Crippen molar-refractivity contribution in [1.82, 2.24) is 0 Å². The SMILES string of the molecule is O=C(CBr)Cc1cccc(OC(F)(F)F)c1Br. The average molecular weight is 376 g/mol. The number of carbonyl (C=O) groups excluding carboxylic acids is 1. The summed E-state index contributed by atoms with van der Waals surface area (Å²) in [5.74, 6) is -0.479. The number of halogens is 5. The van der Waals surface area contributed by atoms with Crippen molar-refractivity contribution in [3.05, 3.63) is 28.2 Å². The Hall–Kier alpha value is -0.560. The highest BCUT2D eigenvalue weighted by atomic mass is 79.9. The van der Waals surface area contributed by atoms with Crippen molar-refractivity contribution in [3.63, 3.8) is 0 Å². The maximum Gasteiger partial charge on any atom is 0.573 e. The Labute approximate surface area is 112 Å². The van der Waals surface area contributed by atoms with Gasteiger partial charge in [-0.3, -0.25) is 4.79 Å². The van der Waals surface area contributed by atoms with Gasteiger partial charge in [-0.05, 0) is 27.6 Å². The molecule has 17 heavy (non-hydrogen) atoms. The Morgan fingerprint density at radius 3 is 2.53 bits per heavy atom. The smallest absolute Gasteiger partial charge is 0.405 e. The molecule has 0 aliphatic carbocycles. The summed E-state index contributed by atoms with van der Waals surface area (Å²) in [4.78, 5) is 11.2. The number of hydrogen-bond donors (Lipinski definition) is 0. The molecule has 0 aromatic heterocycles. The van der Waals surface area contributed by atoms with Crippen LogP contribution in [0.1, 0.15) is 5.56 Å². The van der Waals surface area contributed by atoms with Crippen LogP contribution in [0.15, 0.2) is 22.7 Å². The molecule has 0 aliphatic heterocycles. The third-order valence-electron chi connectivity index (χ3n) is 1.81. The topological polar surface area (TPSA) is 26.3 Å². The van der Waals surface area contributed by atoms with Crippen molar-refractivity contribution in [3.8, 4) is 5.75 Å². The molecule has 1 aromatic rings. The van der Waals surface area contributed by atoms with Gasteiger partial charge in [0, 0.05) is 6.42 Å². The molecule has 0 N–H and O–H groups in total. The van der Waals surface area contributed by atoms with E-state index in [4.69, 9.17) is 0 Å². The van der Waals surface area contributed by atoms with Gasteiger partial charge in [-0.2, -0.15) is 0 Å². The van der Waals surface area contributed by atoms with Crippen LogP contribution in [0.5, 0.6) is 5.75 Å². The summed E-state index contributed by atoms with van der Waals surface area (Å²) in [6.07, 6.45) is -4.71. The second-order valence-corrected chi connectivity index (χ2v) is 4.48. The van der Waals surface area contributed by atoms with Gasteiger partial charge in [-0.1, -0.05) is 28.1 Å². The summed E-state index contributed by atoms with van der Waals surface area (Å²) in [5, 5.41) is 0.157. The molecule has 0 fully saturated rings. The summed E-state index contributed by atoms with van der Waals surface area (Å²) in [6, 6.07) is 4.15. The summed E-state index contributed by atoms with van der Waals surface area (Å²) < 4.78 is 40.2. The minimum absolute atomic E-state index is 0.0426. The summed E-state index contributed by atoms with van der Waals surface area (Å²) in [5.41, 5.74) is 0.455. The molecule has 0 radical (unpaired) electrons. The van der Waals surface area contributed by atoms with Crippen LogP contribution < -0.4 is 4.74 Å². The van der Waals surface area contributed by atoms with E-state index >= 15 is 0 Å². The molecule has 0 saturated heterocycles. The predicted octanol–water partition coefficient (Wildman–Crippen LogP) is 3.85. The van der Waals surface area contributed by atoms with Crippen LogP contribution in [-0.2, 0) is 11.2 Å². The van der Waals surface area contributed by atoms with Crippen molar-refractivity contribution in [1.29, 1.82) is 0 Å². The Balaban J connectivity index is 2.95. The van der Waals surface area contributed by atoms with Gasteiger partial charge in [-0.25, -0.2) is 0 Å². The summed E-state index contributed by atoms with van der Waals surface area (Å²) in [6.45, 7) is 0. The fraction of sp³-hybridized carbons (Fsp3) is 0.300. The van der Waals surface area contributed by atoms with E-state index in [0.717, 1.165) is 0 Å². The Morgan fingerprint density at radius 1 is 1.35 bits per heavy atom. The van der Waals surface area contributed by atoms with Crippen LogP contribution in [0.3, 0.4) is 0 Å². The van der Waals surface area contributed by atoms with Gasteiger partial charge in [0.05, 0.1) is 9.80 Å². The summed E-state index contributed by atoms with van der Waals surface area (Å²) >= 11 is 5.99. The van der Waals surface area contributed by atoms with E-state index in [2.05, 4.69) is 36.6 Å². The van der Waals surface area contributed by atoms with Crippen molar-refractivity contribution in [2.24, 2.45) is 0 Å². The predicted molar refractivity (Wildman–Crippen MR) is 63.3 cm³/mol. The lowest BCUT2D eigenvalue weighted by molar-refractivity contribution is -0.274. The number of ketones is 1. The minimum atomic E-state index is -4.75. The fourth-order valence-corrected chi connectivity index (χ4v) is 1.84. The molecule has 0 saturated carbocycles. The van der Waals surface area contributed by atoms with Crippen LogP contribution >= 0.6 is 31.9 Å². The van der Waals surface area contributed by atoms with Gasteiger partial charge in [0.15, 0.2) is 0 Å². The molecule has 0 bridgehead atoms. The zero-order chi connectivity index (χ0) is 13.1. The first-order valence-corrected chi connectivity index (χ1v) is 6.35. The zero-order valence-electron chi connectivity index (χ0n) is 8.35. The van der Waals surface area contributed by atoms with Crippen LogP contribution in [0.25, 0.3) is 0 Å². The molecule has 0 spiro atoms. The van der Waals surface area contributed by atoms with Gasteiger partial charge in [-0.15, -0.1) is 13.2 Å². The van der Waals surface area contributed by atoms with E-state index < -0.39 is 6.36 Å². The number of benzene rings is 1. The highest BCUT2D eigenvalue weighted by Crippen LogP contribution is 2.33. The number of rotatable bonds is 4. The van der Waals surface area contributed by atoms with E-state index in [-0.39, 0.29) is 27.8 Å². The maximum atomic E-state index is 12.1. The molecule has 0 amide bonds. The first-order valence-electron chi connectivity index (χ1n) is 4.44. The molecule has 0 unspecified atom stereocenters. The van der Waals surface area contributed by atoms with Crippen LogP contribution in [0, 0.1) is 0 Å². The van der Waals surface area contributed by atoms with Crippen LogP contribution in [-0.4, -0.2) is 17.5 Å². The van der Waals surface area contributed by atoms with Gasteiger partial charge in [0.1, 0.15) is 11.5 Å². The van der Waals surface area contributed by atoms with E-state index in [0.29, 0.717) is 5.56 Å². The molecule has 1 aromatic carbocycles. The van der Waals surface area contributed by atoms with Gasteiger partial charge < -0.3 is 4.74 Å². The van der Waals surface area contributed by atoms with Crippen molar-refractivity contribution >= 4 is 37.6 Å². The first kappa shape index (κ1) is 14.5. The molecule has 0 heterocycles. The highest BCUT2D eigenvalue weighted by Gasteiger charge is 2.32. The molecule has 94 valence electrons. The van der Waals surface area contributed by atoms with Crippen molar-refractivity contribution < 1.29 is 22.7 Å². The largest absolute Gasteiger partial charge is 0.573 e. The monoisotopic (exact) mass is 374 g/mol. The van der Waals surface area contributed by atoms with Gasteiger partial charge in [0.25, 0.3) is 0 Å². The number of alkyl halides is 4. The Bertz CT molecular complexity index is 419. The molecule has 1 rings (SSSR count). The number of carbonyl (C=O) groups is 1. The molecule has 7 heteroatoms. The van der Waals surface area contributed by atoms with E-state index in [1.165, 1.54) is 12.1 Å². The lowest BCUT2D eigenvalue weighted by Gasteiger charge is -2.12. The second kappa shape index (κ2) is 5.86. The van der Waals surface area contributed by atoms with Crippen molar-refractivity contribution in [2.45, 2.75) is 12.8 Å².